The van der Waals surface area contributed by atoms with Crippen LogP contribution in [0.1, 0.15) is 26.7 Å². The van der Waals surface area contributed by atoms with Crippen LogP contribution in [0.3, 0.4) is 0 Å². The molecule has 1 rings (SSSR count). The second kappa shape index (κ2) is 5.82. The summed E-state index contributed by atoms with van der Waals surface area (Å²) in [5, 5.41) is 5.44. The molecule has 1 saturated heterocycles. The summed E-state index contributed by atoms with van der Waals surface area (Å²) in [4.78, 5) is 22.3. The molecule has 2 unspecified atom stereocenters. The number of amides is 2. The molecular formula is C10H18N2O3. The number of carbonyl (C=O) groups excluding carboxylic acids is 2. The van der Waals surface area contributed by atoms with Crippen molar-refractivity contribution in [2.45, 2.75) is 38.8 Å². The molecule has 86 valence electrons. The summed E-state index contributed by atoms with van der Waals surface area (Å²) in [5.74, 6) is -0.412. The van der Waals surface area contributed by atoms with E-state index in [0.717, 1.165) is 0 Å². The number of piperidine rings is 1. The number of ether oxygens (including phenoxy) is 1. The first-order valence-corrected chi connectivity index (χ1v) is 5.31. The van der Waals surface area contributed by atoms with Crippen molar-refractivity contribution >= 4 is 11.8 Å². The zero-order valence-corrected chi connectivity index (χ0v) is 9.21. The fourth-order valence-electron chi connectivity index (χ4n) is 1.54. The third-order valence-corrected chi connectivity index (χ3v) is 2.30. The molecule has 2 N–H and O–H groups in total. The van der Waals surface area contributed by atoms with E-state index in [1.165, 1.54) is 0 Å². The van der Waals surface area contributed by atoms with Gasteiger partial charge in [-0.1, -0.05) is 0 Å². The molecule has 1 aliphatic rings. The van der Waals surface area contributed by atoms with Crippen LogP contribution in [0.5, 0.6) is 0 Å². The van der Waals surface area contributed by atoms with Crippen molar-refractivity contribution in [3.63, 3.8) is 0 Å². The van der Waals surface area contributed by atoms with E-state index >= 15 is 0 Å². The van der Waals surface area contributed by atoms with Crippen LogP contribution in [0, 0.1) is 0 Å². The van der Waals surface area contributed by atoms with E-state index in [2.05, 4.69) is 10.6 Å². The highest BCUT2D eigenvalue weighted by molar-refractivity contribution is 6.00. The smallest absolute Gasteiger partial charge is 0.243 e. The molecular weight excluding hydrogens is 196 g/mol. The van der Waals surface area contributed by atoms with Crippen LogP contribution >= 0.6 is 0 Å². The summed E-state index contributed by atoms with van der Waals surface area (Å²) in [7, 11) is 0. The van der Waals surface area contributed by atoms with Crippen molar-refractivity contribution in [3.05, 3.63) is 0 Å². The summed E-state index contributed by atoms with van der Waals surface area (Å²) in [6.45, 7) is 5.13. The Morgan fingerprint density at radius 2 is 2.33 bits per heavy atom. The highest BCUT2D eigenvalue weighted by atomic mass is 16.5. The molecule has 0 aromatic rings. The van der Waals surface area contributed by atoms with Crippen molar-refractivity contribution in [3.8, 4) is 0 Å². The lowest BCUT2D eigenvalue weighted by molar-refractivity contribution is -0.134. The Morgan fingerprint density at radius 3 is 2.93 bits per heavy atom. The molecule has 0 aromatic carbocycles. The van der Waals surface area contributed by atoms with Gasteiger partial charge in [0.1, 0.15) is 0 Å². The van der Waals surface area contributed by atoms with Crippen molar-refractivity contribution in [2.24, 2.45) is 0 Å². The number of rotatable bonds is 5. The van der Waals surface area contributed by atoms with Crippen LogP contribution in [0.2, 0.25) is 0 Å². The maximum Gasteiger partial charge on any atom is 0.243 e. The molecule has 5 nitrogen and oxygen atoms in total. The molecule has 2 atom stereocenters. The topological polar surface area (TPSA) is 67.4 Å². The lowest BCUT2D eigenvalue weighted by atomic mass is 10.1. The first-order valence-electron chi connectivity index (χ1n) is 5.31. The van der Waals surface area contributed by atoms with E-state index in [4.69, 9.17) is 4.74 Å². The van der Waals surface area contributed by atoms with E-state index < -0.39 is 0 Å². The van der Waals surface area contributed by atoms with Crippen LogP contribution < -0.4 is 10.6 Å². The molecule has 0 radical (unpaired) electrons. The van der Waals surface area contributed by atoms with Gasteiger partial charge in [-0.3, -0.25) is 14.9 Å². The number of carbonyl (C=O) groups is 2. The third-order valence-electron chi connectivity index (χ3n) is 2.30. The van der Waals surface area contributed by atoms with Gasteiger partial charge in [0.05, 0.1) is 12.6 Å². The van der Waals surface area contributed by atoms with Gasteiger partial charge in [0.15, 0.2) is 0 Å². The second-order valence-corrected chi connectivity index (χ2v) is 3.73. The fraction of sp³-hybridized carbons (Fsp3) is 0.800. The lowest BCUT2D eigenvalue weighted by Gasteiger charge is -2.25. The minimum Gasteiger partial charge on any atom is -0.380 e. The molecule has 1 heterocycles. The first-order chi connectivity index (χ1) is 7.13. The fourth-order valence-corrected chi connectivity index (χ4v) is 1.54. The van der Waals surface area contributed by atoms with Crippen molar-refractivity contribution in [2.75, 3.05) is 13.2 Å². The molecule has 0 bridgehead atoms. The average Bonchev–Trinajstić information content (AvgIpc) is 2.19. The van der Waals surface area contributed by atoms with Crippen molar-refractivity contribution < 1.29 is 14.3 Å². The molecule has 0 saturated carbocycles. The number of nitrogens with one attached hydrogen (secondary N) is 2. The maximum absolute atomic E-state index is 11.4. The zero-order chi connectivity index (χ0) is 11.3. The van der Waals surface area contributed by atoms with Crippen LogP contribution in [0.15, 0.2) is 0 Å². The van der Waals surface area contributed by atoms with Gasteiger partial charge in [-0.25, -0.2) is 0 Å². The Bertz CT molecular complexity index is 243. The van der Waals surface area contributed by atoms with Crippen molar-refractivity contribution in [1.29, 1.82) is 0 Å². The van der Waals surface area contributed by atoms with Gasteiger partial charge < -0.3 is 10.1 Å². The second-order valence-electron chi connectivity index (χ2n) is 3.73. The summed E-state index contributed by atoms with van der Waals surface area (Å²) in [6.07, 6.45) is 0.978. The third kappa shape index (κ3) is 3.97. The van der Waals surface area contributed by atoms with E-state index in [9.17, 15) is 9.59 Å². The molecule has 0 aromatic heterocycles. The van der Waals surface area contributed by atoms with Gasteiger partial charge in [-0.15, -0.1) is 0 Å². The zero-order valence-electron chi connectivity index (χ0n) is 9.21. The Morgan fingerprint density at radius 1 is 1.60 bits per heavy atom. The number of imide groups is 1. The molecule has 1 fully saturated rings. The molecule has 0 aliphatic carbocycles. The Balaban J connectivity index is 2.31. The molecule has 15 heavy (non-hydrogen) atoms. The van der Waals surface area contributed by atoms with Crippen LogP contribution in [-0.4, -0.2) is 37.1 Å². The average molecular weight is 214 g/mol. The summed E-state index contributed by atoms with van der Waals surface area (Å²) < 4.78 is 5.23. The molecule has 0 spiro atoms. The predicted molar refractivity (Wildman–Crippen MR) is 55.3 cm³/mol. The Kier molecular flexibility index (Phi) is 4.71. The predicted octanol–water partition coefficient (Wildman–Crippen LogP) is -0.194. The van der Waals surface area contributed by atoms with Gasteiger partial charge in [0.2, 0.25) is 11.8 Å². The Labute approximate surface area is 89.6 Å². The quantitative estimate of drug-likeness (QED) is 0.622. The molecule has 5 heteroatoms. The van der Waals surface area contributed by atoms with Crippen LogP contribution in [-0.2, 0) is 14.3 Å². The summed E-state index contributed by atoms with van der Waals surface area (Å²) in [5.41, 5.74) is 0. The molecule has 2 amide bonds. The number of hydrogen-bond donors (Lipinski definition) is 2. The van der Waals surface area contributed by atoms with Crippen LogP contribution in [0.4, 0.5) is 0 Å². The largest absolute Gasteiger partial charge is 0.380 e. The van der Waals surface area contributed by atoms with E-state index in [0.29, 0.717) is 26.1 Å². The van der Waals surface area contributed by atoms with E-state index in [1.807, 2.05) is 13.8 Å². The highest BCUT2D eigenvalue weighted by Crippen LogP contribution is 2.05. The minimum absolute atomic E-state index is 0.119. The van der Waals surface area contributed by atoms with Crippen LogP contribution in [0.25, 0.3) is 0 Å². The highest BCUT2D eigenvalue weighted by Gasteiger charge is 2.27. The van der Waals surface area contributed by atoms with Gasteiger partial charge in [0, 0.05) is 19.1 Å². The van der Waals surface area contributed by atoms with Crippen molar-refractivity contribution in [1.82, 2.24) is 10.6 Å². The van der Waals surface area contributed by atoms with Gasteiger partial charge >= 0.3 is 0 Å². The Hall–Kier alpha value is -0.940. The maximum atomic E-state index is 11.4. The standard InChI is InChI=1S/C10H18N2O3/c1-3-15-6-7(2)11-8-4-5-9(13)12-10(8)14/h7-8,11H,3-6H2,1-2H3,(H,12,13,14). The first kappa shape index (κ1) is 12.1. The molecule has 1 aliphatic heterocycles. The van der Waals surface area contributed by atoms with E-state index in [-0.39, 0.29) is 23.9 Å². The minimum atomic E-state index is -0.266. The monoisotopic (exact) mass is 214 g/mol. The van der Waals surface area contributed by atoms with Gasteiger partial charge in [0.25, 0.3) is 0 Å². The number of hydrogen-bond acceptors (Lipinski definition) is 4. The SMILES string of the molecule is CCOCC(C)NC1CCC(=O)NC1=O. The van der Waals surface area contributed by atoms with Gasteiger partial charge in [-0.2, -0.15) is 0 Å². The van der Waals surface area contributed by atoms with E-state index in [1.54, 1.807) is 0 Å². The lowest BCUT2D eigenvalue weighted by Crippen LogP contribution is -2.53. The summed E-state index contributed by atoms with van der Waals surface area (Å²) in [6, 6.07) is -0.146. The van der Waals surface area contributed by atoms with Gasteiger partial charge in [-0.05, 0) is 20.3 Å². The normalized spacial score (nSPS) is 23.7. The summed E-state index contributed by atoms with van der Waals surface area (Å²) >= 11 is 0.